The maximum atomic E-state index is 12.9. The lowest BCUT2D eigenvalue weighted by molar-refractivity contribution is 0.296. The Morgan fingerprint density at radius 3 is 3.06 bits per heavy atom. The quantitative estimate of drug-likeness (QED) is 0.563. The molecule has 0 heterocycles. The molecule has 0 aromatic heterocycles. The molecule has 0 amide bonds. The third-order valence-electron chi connectivity index (χ3n) is 1.60. The lowest BCUT2D eigenvalue weighted by Crippen LogP contribution is -1.96. The summed E-state index contributed by atoms with van der Waals surface area (Å²) >= 11 is 9.01. The first-order valence-electron chi connectivity index (χ1n) is 8.25. The second kappa shape index (κ2) is 7.81. The molecule has 0 saturated heterocycles. The molecule has 1 unspecified atom stereocenters. The van der Waals surface area contributed by atoms with Crippen LogP contribution in [0.2, 0.25) is 5.02 Å². The lowest BCUT2D eigenvalue weighted by Gasteiger charge is -2.18. The molecule has 1 atom stereocenters. The minimum Gasteiger partial charge on any atom is -0.415 e. The summed E-state index contributed by atoms with van der Waals surface area (Å²) in [5.74, 6) is -0.0700. The first-order valence-corrected chi connectivity index (χ1v) is 8.89. The van der Waals surface area contributed by atoms with Gasteiger partial charge in [-0.15, -0.1) is 0 Å². The third kappa shape index (κ3) is 5.14. The van der Waals surface area contributed by atoms with Gasteiger partial charge in [0.1, 0.15) is 5.75 Å². The van der Waals surface area contributed by atoms with E-state index in [1.165, 1.54) is 19.1 Å². The van der Waals surface area contributed by atoms with Gasteiger partial charge in [0.25, 0.3) is 0 Å². The van der Waals surface area contributed by atoms with Crippen LogP contribution >= 0.6 is 45.7 Å². The van der Waals surface area contributed by atoms with Crippen LogP contribution in [-0.4, -0.2) is 12.3 Å². The van der Waals surface area contributed by atoms with Crippen molar-refractivity contribution in [2.24, 2.45) is 0 Å². The van der Waals surface area contributed by atoms with E-state index in [1.54, 1.807) is 6.07 Å². The van der Waals surface area contributed by atoms with Gasteiger partial charge in [-0.1, -0.05) is 34.4 Å². The normalized spacial score (nSPS) is 22.3. The van der Waals surface area contributed by atoms with Crippen LogP contribution < -0.4 is 4.52 Å². The van der Waals surface area contributed by atoms with Gasteiger partial charge in [0.2, 0.25) is 0 Å². The first kappa shape index (κ1) is 8.58. The monoisotopic (exact) mass is 379 g/mol. The van der Waals surface area contributed by atoms with Crippen LogP contribution in [0.3, 0.4) is 0 Å². The molecule has 1 aromatic carbocycles. The minimum atomic E-state index is -4.32. The predicted octanol–water partition coefficient (Wildman–Crippen LogP) is 5.77. The van der Waals surface area contributed by atoms with Gasteiger partial charge < -0.3 is 4.52 Å². The average molecular weight is 381 g/mol. The van der Waals surface area contributed by atoms with Crippen molar-refractivity contribution in [3.63, 3.8) is 0 Å². The van der Waals surface area contributed by atoms with Gasteiger partial charge >= 0.3 is 6.80 Å². The van der Waals surface area contributed by atoms with Crippen molar-refractivity contribution in [2.75, 3.05) is 12.3 Å². The Hall–Kier alpha value is 0.330. The first-order chi connectivity index (χ1) is 11.2. The highest BCUT2D eigenvalue weighted by molar-refractivity contribution is 9.10. The number of hydrogen-bond acceptors (Lipinski definition) is 4. The summed E-state index contributed by atoms with van der Waals surface area (Å²) in [4.78, 5) is 0. The molecule has 3 nitrogen and oxygen atoms in total. The Morgan fingerprint density at radius 1 is 1.67 bits per heavy atom. The fraction of sp³-hybridized carbons (Fsp3) is 0.455. The van der Waals surface area contributed by atoms with E-state index in [1.807, 2.05) is 0 Å². The van der Waals surface area contributed by atoms with E-state index in [0.717, 1.165) is 0 Å². The molecule has 0 radical (unpaired) electrons. The molecular formula is C11H15BrClO3PS. The van der Waals surface area contributed by atoms with Crippen molar-refractivity contribution in [3.8, 4) is 5.75 Å². The summed E-state index contributed by atoms with van der Waals surface area (Å²) in [5, 5.41) is 0.0642. The summed E-state index contributed by atoms with van der Waals surface area (Å²) in [5.41, 5.74) is -3.09. The summed E-state index contributed by atoms with van der Waals surface area (Å²) in [6.45, 7) is -6.25. The van der Waals surface area contributed by atoms with Crippen molar-refractivity contribution in [1.82, 2.24) is 0 Å². The van der Waals surface area contributed by atoms with Gasteiger partial charge in [0.15, 0.2) is 0 Å². The summed E-state index contributed by atoms with van der Waals surface area (Å²) in [6.07, 6.45) is -3.30. The van der Waals surface area contributed by atoms with Gasteiger partial charge in [-0.25, -0.2) is 4.57 Å². The molecule has 0 bridgehead atoms. The molecule has 0 fully saturated rings. The molecule has 1 rings (SSSR count). The Balaban J connectivity index is 3.19. The minimum absolute atomic E-state index is 0.0642. The number of halogens is 2. The number of hydrogen-bond donors (Lipinski definition) is 0. The average Bonchev–Trinajstić information content (AvgIpc) is 2.40. The van der Waals surface area contributed by atoms with Crippen molar-refractivity contribution in [2.45, 2.75) is 20.1 Å². The fourth-order valence-corrected chi connectivity index (χ4v) is 4.06. The van der Waals surface area contributed by atoms with E-state index in [0.29, 0.717) is 4.47 Å². The molecule has 18 heavy (non-hydrogen) atoms. The Bertz CT molecular complexity index is 674. The van der Waals surface area contributed by atoms with Crippen molar-refractivity contribution in [1.29, 1.82) is 0 Å². The standard InChI is InChI=1S/C11H15BrClO3PS/c1-3-7-18-17(14,15-4-2)16-11-6-5-9(12)8-10(11)13/h5-6,8H,3-4,7H2,1-2H3/i1D3,3D2,7D2. The molecule has 7 heteroatoms. The van der Waals surface area contributed by atoms with E-state index in [9.17, 15) is 4.57 Å². The molecule has 1 aromatic rings. The van der Waals surface area contributed by atoms with Crippen LogP contribution in [0.1, 0.15) is 29.7 Å². The van der Waals surface area contributed by atoms with Crippen LogP contribution in [0.25, 0.3) is 0 Å². The molecule has 0 aliphatic heterocycles. The lowest BCUT2D eigenvalue weighted by atomic mass is 10.3. The van der Waals surface area contributed by atoms with Gasteiger partial charge in [0, 0.05) is 19.8 Å². The summed E-state index contributed by atoms with van der Waals surface area (Å²) in [7, 11) is 0. The zero-order valence-electron chi connectivity index (χ0n) is 16.3. The van der Waals surface area contributed by atoms with E-state index >= 15 is 0 Å². The zero-order chi connectivity index (χ0) is 19.7. The SMILES string of the molecule is [2H]C([2H])([2H])C([2H])([2H])C([2H])([2H])SP(=O)(OCC)Oc1ccc(Br)cc1Cl. The molecule has 0 saturated carbocycles. The summed E-state index contributed by atoms with van der Waals surface area (Å²) in [6, 6.07) is 4.36. The molecule has 0 spiro atoms. The van der Waals surface area contributed by atoms with Gasteiger partial charge in [-0.3, -0.25) is 4.52 Å². The second-order valence-corrected chi connectivity index (χ2v) is 7.78. The van der Waals surface area contributed by atoms with E-state index in [-0.39, 0.29) is 28.8 Å². The van der Waals surface area contributed by atoms with Crippen LogP contribution in [0, 0.1) is 0 Å². The van der Waals surface area contributed by atoms with Crippen LogP contribution in [-0.2, 0) is 9.09 Å². The molecule has 0 aliphatic rings. The Kier molecular flexibility index (Phi) is 3.72. The van der Waals surface area contributed by atoms with Gasteiger partial charge in [-0.05, 0) is 42.9 Å². The second-order valence-electron chi connectivity index (χ2n) is 2.85. The topological polar surface area (TPSA) is 35.5 Å². The maximum Gasteiger partial charge on any atom is 0.440 e. The Morgan fingerprint density at radius 2 is 2.44 bits per heavy atom. The number of rotatable bonds is 7. The number of benzene rings is 1. The van der Waals surface area contributed by atoms with E-state index in [2.05, 4.69) is 15.9 Å². The van der Waals surface area contributed by atoms with Crippen molar-refractivity contribution >= 4 is 45.7 Å². The van der Waals surface area contributed by atoms with Crippen LogP contribution in [0.5, 0.6) is 5.75 Å². The predicted molar refractivity (Wildman–Crippen MR) is 81.8 cm³/mol. The smallest absolute Gasteiger partial charge is 0.415 e. The molecule has 102 valence electrons. The zero-order valence-corrected chi connectivity index (χ0v) is 13.3. The van der Waals surface area contributed by atoms with Crippen LogP contribution in [0.15, 0.2) is 22.7 Å². The third-order valence-corrected chi connectivity index (χ3v) is 5.28. The molecule has 0 N–H and O–H groups in total. The largest absolute Gasteiger partial charge is 0.440 e. The van der Waals surface area contributed by atoms with Crippen molar-refractivity contribution < 1.29 is 23.2 Å². The Labute approximate surface area is 135 Å². The maximum absolute atomic E-state index is 12.9. The van der Waals surface area contributed by atoms with E-state index < -0.39 is 25.7 Å². The highest BCUT2D eigenvalue weighted by Crippen LogP contribution is 2.60. The van der Waals surface area contributed by atoms with Crippen LogP contribution in [0.4, 0.5) is 0 Å². The fourth-order valence-electron chi connectivity index (χ4n) is 0.978. The van der Waals surface area contributed by atoms with E-state index in [4.69, 9.17) is 30.2 Å². The van der Waals surface area contributed by atoms with Gasteiger partial charge in [-0.2, -0.15) is 0 Å². The highest BCUT2D eigenvalue weighted by Gasteiger charge is 2.27. The van der Waals surface area contributed by atoms with Gasteiger partial charge in [0.05, 0.1) is 11.6 Å². The van der Waals surface area contributed by atoms with Crippen molar-refractivity contribution in [3.05, 3.63) is 27.7 Å². The molecule has 0 aliphatic carbocycles. The molecular weight excluding hydrogens is 359 g/mol. The highest BCUT2D eigenvalue weighted by atomic mass is 79.9. The summed E-state index contributed by atoms with van der Waals surface area (Å²) < 4.78 is 76.0.